The summed E-state index contributed by atoms with van der Waals surface area (Å²) in [5, 5.41) is 10.0. The lowest BCUT2D eigenvalue weighted by atomic mass is 10.1. The number of benzene rings is 1. The number of fused-ring (bicyclic) bond motifs is 1. The van der Waals surface area contributed by atoms with Crippen molar-refractivity contribution in [3.05, 3.63) is 40.4 Å². The summed E-state index contributed by atoms with van der Waals surface area (Å²) in [4.78, 5) is 30.9. The van der Waals surface area contributed by atoms with Gasteiger partial charge in [0.2, 0.25) is 5.91 Å². The van der Waals surface area contributed by atoms with E-state index >= 15 is 0 Å². The minimum Gasteiger partial charge on any atom is -0.392 e. The lowest BCUT2D eigenvalue weighted by molar-refractivity contribution is -0.135. The van der Waals surface area contributed by atoms with Crippen LogP contribution in [-0.4, -0.2) is 44.2 Å². The quantitative estimate of drug-likeness (QED) is 0.902. The van der Waals surface area contributed by atoms with Gasteiger partial charge in [-0.2, -0.15) is 0 Å². The minimum atomic E-state index is -0.615. The first kappa shape index (κ1) is 17.1. The number of para-hydroxylation sites is 1. The topological polar surface area (TPSA) is 75.4 Å². The maximum Gasteiger partial charge on any atom is 0.261 e. The Morgan fingerprint density at radius 3 is 2.65 bits per heavy atom. The van der Waals surface area contributed by atoms with E-state index in [1.165, 1.54) is 10.9 Å². The molecule has 0 aliphatic carbocycles. The van der Waals surface area contributed by atoms with Crippen LogP contribution >= 0.6 is 0 Å². The van der Waals surface area contributed by atoms with Crippen molar-refractivity contribution in [1.82, 2.24) is 14.5 Å². The molecule has 1 aromatic heterocycles. The minimum absolute atomic E-state index is 0.0523. The molecule has 1 aromatic carbocycles. The van der Waals surface area contributed by atoms with Gasteiger partial charge >= 0.3 is 0 Å². The first-order chi connectivity index (χ1) is 10.8. The Labute approximate surface area is 135 Å². The number of rotatable bonds is 5. The predicted octanol–water partition coefficient (Wildman–Crippen LogP) is 1.32. The Bertz CT molecular complexity index is 765. The van der Waals surface area contributed by atoms with Gasteiger partial charge in [0.1, 0.15) is 6.54 Å². The van der Waals surface area contributed by atoms with Gasteiger partial charge in [-0.25, -0.2) is 4.98 Å². The predicted molar refractivity (Wildman–Crippen MR) is 89.3 cm³/mol. The average molecular weight is 317 g/mol. The standard InChI is InChI=1S/C17H23N3O3/c1-11(2)20(8-13(4)21)15(22)9-19-10-18-16-12(3)6-5-7-14(16)17(19)23/h5-7,10-11,13,21H,8-9H2,1-4H3. The SMILES string of the molecule is Cc1cccc2c(=O)n(CC(=O)N(CC(C)O)C(C)C)cnc12. The van der Waals surface area contributed by atoms with E-state index in [-0.39, 0.29) is 30.6 Å². The summed E-state index contributed by atoms with van der Waals surface area (Å²) >= 11 is 0. The van der Waals surface area contributed by atoms with Crippen LogP contribution in [0, 0.1) is 6.92 Å². The molecule has 23 heavy (non-hydrogen) atoms. The fourth-order valence-corrected chi connectivity index (χ4v) is 2.57. The number of aliphatic hydroxyl groups is 1. The fraction of sp³-hybridized carbons (Fsp3) is 0.471. The van der Waals surface area contributed by atoms with Crippen LogP contribution in [0.1, 0.15) is 26.3 Å². The number of hydrogen-bond acceptors (Lipinski definition) is 4. The van der Waals surface area contributed by atoms with Crippen LogP contribution in [0.4, 0.5) is 0 Å². The lowest BCUT2D eigenvalue weighted by Gasteiger charge is -2.28. The molecule has 1 unspecified atom stereocenters. The number of aromatic nitrogens is 2. The number of carbonyl (C=O) groups excluding carboxylic acids is 1. The monoisotopic (exact) mass is 317 g/mol. The van der Waals surface area contributed by atoms with Crippen LogP contribution in [0.15, 0.2) is 29.3 Å². The zero-order chi connectivity index (χ0) is 17.1. The molecular weight excluding hydrogens is 294 g/mol. The summed E-state index contributed by atoms with van der Waals surface area (Å²) in [6.07, 6.45) is 0.798. The molecule has 124 valence electrons. The van der Waals surface area contributed by atoms with E-state index in [2.05, 4.69) is 4.98 Å². The first-order valence-electron chi connectivity index (χ1n) is 7.73. The van der Waals surface area contributed by atoms with Gasteiger partial charge in [0.15, 0.2) is 0 Å². The van der Waals surface area contributed by atoms with Gasteiger partial charge in [-0.05, 0) is 39.3 Å². The van der Waals surface area contributed by atoms with Crippen LogP contribution in [0.3, 0.4) is 0 Å². The molecule has 0 radical (unpaired) electrons. The van der Waals surface area contributed by atoms with Crippen LogP contribution in [0.5, 0.6) is 0 Å². The average Bonchev–Trinajstić information content (AvgIpc) is 2.47. The highest BCUT2D eigenvalue weighted by Gasteiger charge is 2.20. The van der Waals surface area contributed by atoms with Gasteiger partial charge in [-0.15, -0.1) is 0 Å². The smallest absolute Gasteiger partial charge is 0.261 e. The maximum atomic E-state index is 12.5. The van der Waals surface area contributed by atoms with E-state index in [1.807, 2.05) is 26.8 Å². The molecule has 6 nitrogen and oxygen atoms in total. The zero-order valence-electron chi connectivity index (χ0n) is 14.0. The Morgan fingerprint density at radius 1 is 1.35 bits per heavy atom. The largest absolute Gasteiger partial charge is 0.392 e. The molecule has 0 aliphatic heterocycles. The van der Waals surface area contributed by atoms with Crippen LogP contribution in [0.2, 0.25) is 0 Å². The van der Waals surface area contributed by atoms with Gasteiger partial charge in [-0.1, -0.05) is 12.1 Å². The Balaban J connectivity index is 2.33. The summed E-state index contributed by atoms with van der Waals surface area (Å²) in [6.45, 7) is 7.45. The first-order valence-corrected chi connectivity index (χ1v) is 7.73. The van der Waals surface area contributed by atoms with Crippen LogP contribution in [0.25, 0.3) is 10.9 Å². The molecule has 2 rings (SSSR count). The van der Waals surface area contributed by atoms with Crippen molar-refractivity contribution in [2.75, 3.05) is 6.54 Å². The maximum absolute atomic E-state index is 12.5. The van der Waals surface area contributed by atoms with Gasteiger partial charge in [0, 0.05) is 12.6 Å². The fourth-order valence-electron chi connectivity index (χ4n) is 2.57. The number of carbonyl (C=O) groups is 1. The van der Waals surface area contributed by atoms with Gasteiger partial charge < -0.3 is 10.0 Å². The molecule has 1 N–H and O–H groups in total. The van der Waals surface area contributed by atoms with Gasteiger partial charge in [0.05, 0.1) is 23.3 Å². The van der Waals surface area contributed by atoms with E-state index in [4.69, 9.17) is 0 Å². The lowest BCUT2D eigenvalue weighted by Crippen LogP contribution is -2.44. The van der Waals surface area contributed by atoms with E-state index in [1.54, 1.807) is 24.0 Å². The molecule has 0 aliphatic rings. The molecule has 0 bridgehead atoms. The van der Waals surface area contributed by atoms with Crippen molar-refractivity contribution >= 4 is 16.8 Å². The Hall–Kier alpha value is -2.21. The number of hydrogen-bond donors (Lipinski definition) is 1. The molecular formula is C17H23N3O3. The molecule has 2 aromatic rings. The van der Waals surface area contributed by atoms with E-state index < -0.39 is 6.10 Å². The van der Waals surface area contributed by atoms with Crippen LogP contribution < -0.4 is 5.56 Å². The van der Waals surface area contributed by atoms with Crippen molar-refractivity contribution in [3.63, 3.8) is 0 Å². The summed E-state index contributed by atoms with van der Waals surface area (Å²) in [6, 6.07) is 5.37. The number of amides is 1. The molecule has 0 fully saturated rings. The van der Waals surface area contributed by atoms with Crippen molar-refractivity contribution in [2.45, 2.75) is 46.4 Å². The Morgan fingerprint density at radius 2 is 2.04 bits per heavy atom. The van der Waals surface area contributed by atoms with Crippen molar-refractivity contribution in [2.24, 2.45) is 0 Å². The van der Waals surface area contributed by atoms with Crippen molar-refractivity contribution < 1.29 is 9.90 Å². The number of aryl methyl sites for hydroxylation is 1. The number of aliphatic hydroxyl groups excluding tert-OH is 1. The van der Waals surface area contributed by atoms with E-state index in [9.17, 15) is 14.7 Å². The second kappa shape index (κ2) is 6.91. The zero-order valence-corrected chi connectivity index (χ0v) is 14.0. The summed E-state index contributed by atoms with van der Waals surface area (Å²) in [5.41, 5.74) is 1.36. The molecule has 1 heterocycles. The highest BCUT2D eigenvalue weighted by atomic mass is 16.3. The molecule has 1 atom stereocenters. The van der Waals surface area contributed by atoms with Crippen LogP contribution in [-0.2, 0) is 11.3 Å². The molecule has 0 saturated carbocycles. The third-order valence-corrected chi connectivity index (χ3v) is 3.77. The van der Waals surface area contributed by atoms with E-state index in [0.29, 0.717) is 10.9 Å². The summed E-state index contributed by atoms with van der Waals surface area (Å²) < 4.78 is 1.32. The molecule has 6 heteroatoms. The third kappa shape index (κ3) is 3.76. The second-order valence-corrected chi connectivity index (χ2v) is 6.14. The van der Waals surface area contributed by atoms with Crippen molar-refractivity contribution in [1.29, 1.82) is 0 Å². The molecule has 0 saturated heterocycles. The second-order valence-electron chi connectivity index (χ2n) is 6.14. The number of nitrogens with zero attached hydrogens (tertiary/aromatic N) is 3. The summed E-state index contributed by atoms with van der Waals surface area (Å²) in [5.74, 6) is -0.211. The normalized spacial score (nSPS) is 12.6. The van der Waals surface area contributed by atoms with Gasteiger partial charge in [0.25, 0.3) is 5.56 Å². The highest BCUT2D eigenvalue weighted by Crippen LogP contribution is 2.11. The Kier molecular flexibility index (Phi) is 5.15. The van der Waals surface area contributed by atoms with E-state index in [0.717, 1.165) is 5.56 Å². The molecule has 0 spiro atoms. The van der Waals surface area contributed by atoms with Gasteiger partial charge in [-0.3, -0.25) is 14.2 Å². The third-order valence-electron chi connectivity index (χ3n) is 3.77. The summed E-state index contributed by atoms with van der Waals surface area (Å²) in [7, 11) is 0. The highest BCUT2D eigenvalue weighted by molar-refractivity contribution is 5.81. The molecule has 1 amide bonds. The van der Waals surface area contributed by atoms with Crippen molar-refractivity contribution in [3.8, 4) is 0 Å².